The Bertz CT molecular complexity index is 813. The summed E-state index contributed by atoms with van der Waals surface area (Å²) in [5.41, 5.74) is 0.879. The number of halogens is 1. The first-order chi connectivity index (χ1) is 12.0. The van der Waals surface area contributed by atoms with Gasteiger partial charge in [-0.05, 0) is 31.0 Å². The maximum atomic E-state index is 12.5. The lowest BCUT2D eigenvalue weighted by molar-refractivity contribution is -0.129. The first-order valence-corrected chi connectivity index (χ1v) is 8.33. The summed E-state index contributed by atoms with van der Waals surface area (Å²) in [6.45, 7) is 2.45. The van der Waals surface area contributed by atoms with Crippen molar-refractivity contribution in [2.45, 2.75) is 25.9 Å². The molecule has 0 fully saturated rings. The normalized spacial score (nSPS) is 17.4. The minimum Gasteiger partial charge on any atom is -0.503 e. The topological polar surface area (TPSA) is 75.4 Å². The van der Waals surface area contributed by atoms with Gasteiger partial charge in [-0.3, -0.25) is 9.59 Å². The lowest BCUT2D eigenvalue weighted by Crippen LogP contribution is -2.32. The van der Waals surface area contributed by atoms with E-state index in [4.69, 9.17) is 11.6 Å². The first-order valence-electron chi connectivity index (χ1n) is 7.95. The monoisotopic (exact) mass is 359 g/mol. The predicted molar refractivity (Wildman–Crippen MR) is 93.1 cm³/mol. The van der Waals surface area contributed by atoms with Crippen LogP contribution in [0.5, 0.6) is 0 Å². The maximum absolute atomic E-state index is 12.5. The highest BCUT2D eigenvalue weighted by molar-refractivity contribution is 6.30. The second-order valence-electron chi connectivity index (χ2n) is 5.93. The lowest BCUT2D eigenvalue weighted by Gasteiger charge is -2.26. The van der Waals surface area contributed by atoms with Gasteiger partial charge in [0.2, 0.25) is 0 Å². The SMILES string of the molecule is CC(=O)C1=C(O)C(=O)N(CCCn2ccnc2)[C@@H]1c1ccc(Cl)cc1. The van der Waals surface area contributed by atoms with Crippen LogP contribution in [0.15, 0.2) is 54.3 Å². The van der Waals surface area contributed by atoms with Crippen LogP contribution in [0, 0.1) is 0 Å². The third-order valence-electron chi connectivity index (χ3n) is 4.24. The van der Waals surface area contributed by atoms with Gasteiger partial charge in [0, 0.05) is 30.5 Å². The van der Waals surface area contributed by atoms with Crippen LogP contribution in [0.3, 0.4) is 0 Å². The largest absolute Gasteiger partial charge is 0.503 e. The van der Waals surface area contributed by atoms with Crippen molar-refractivity contribution in [3.05, 3.63) is 64.9 Å². The van der Waals surface area contributed by atoms with Crippen LogP contribution in [0.1, 0.15) is 24.9 Å². The highest BCUT2D eigenvalue weighted by Crippen LogP contribution is 2.38. The second kappa shape index (κ2) is 7.11. The molecule has 2 aromatic rings. The zero-order valence-corrected chi connectivity index (χ0v) is 14.5. The molecule has 0 radical (unpaired) electrons. The Morgan fingerprint density at radius 1 is 1.28 bits per heavy atom. The fourth-order valence-electron chi connectivity index (χ4n) is 3.08. The molecule has 0 aliphatic carbocycles. The molecule has 1 amide bonds. The number of Topliss-reactive ketones (excluding diaryl/α,β-unsaturated/α-hetero) is 1. The van der Waals surface area contributed by atoms with E-state index in [0.29, 0.717) is 24.5 Å². The van der Waals surface area contributed by atoms with Gasteiger partial charge in [-0.15, -0.1) is 0 Å². The van der Waals surface area contributed by atoms with Gasteiger partial charge >= 0.3 is 0 Å². The van der Waals surface area contributed by atoms with Crippen molar-refractivity contribution in [3.63, 3.8) is 0 Å². The molecule has 1 aromatic heterocycles. The fraction of sp³-hybridized carbons (Fsp3) is 0.278. The molecule has 1 aromatic carbocycles. The number of carbonyl (C=O) groups excluding carboxylic acids is 2. The smallest absolute Gasteiger partial charge is 0.290 e. The number of rotatable bonds is 6. The van der Waals surface area contributed by atoms with Crippen LogP contribution in [-0.4, -0.2) is 37.8 Å². The number of aromatic nitrogens is 2. The molecule has 2 heterocycles. The summed E-state index contributed by atoms with van der Waals surface area (Å²) >= 11 is 5.93. The summed E-state index contributed by atoms with van der Waals surface area (Å²) in [6, 6.07) is 6.36. The average molecular weight is 360 g/mol. The number of carbonyl (C=O) groups is 2. The molecule has 130 valence electrons. The number of aryl methyl sites for hydroxylation is 1. The van der Waals surface area contributed by atoms with Gasteiger partial charge in [-0.25, -0.2) is 4.98 Å². The molecule has 3 rings (SSSR count). The average Bonchev–Trinajstić information content (AvgIpc) is 3.17. The Labute approximate surface area is 150 Å². The molecular formula is C18H18ClN3O3. The van der Waals surface area contributed by atoms with E-state index in [2.05, 4.69) is 4.98 Å². The molecule has 1 N–H and O–H groups in total. The summed E-state index contributed by atoms with van der Waals surface area (Å²) in [7, 11) is 0. The summed E-state index contributed by atoms with van der Waals surface area (Å²) in [5.74, 6) is -1.30. The molecule has 1 aliphatic heterocycles. The fourth-order valence-corrected chi connectivity index (χ4v) is 3.20. The third-order valence-corrected chi connectivity index (χ3v) is 4.50. The van der Waals surface area contributed by atoms with E-state index in [1.807, 2.05) is 10.8 Å². The van der Waals surface area contributed by atoms with Gasteiger partial charge in [-0.2, -0.15) is 0 Å². The molecule has 1 atom stereocenters. The number of aliphatic hydroxyl groups excluding tert-OH is 1. The van der Waals surface area contributed by atoms with E-state index in [9.17, 15) is 14.7 Å². The molecule has 6 nitrogen and oxygen atoms in total. The van der Waals surface area contributed by atoms with Crippen molar-refractivity contribution in [2.24, 2.45) is 0 Å². The second-order valence-corrected chi connectivity index (χ2v) is 6.36. The van der Waals surface area contributed by atoms with E-state index >= 15 is 0 Å². The van der Waals surface area contributed by atoms with Crippen molar-refractivity contribution in [2.75, 3.05) is 6.54 Å². The number of amides is 1. The lowest BCUT2D eigenvalue weighted by atomic mass is 9.97. The summed E-state index contributed by atoms with van der Waals surface area (Å²) < 4.78 is 1.91. The Kier molecular flexibility index (Phi) is 4.90. The van der Waals surface area contributed by atoms with Crippen molar-refractivity contribution in [1.29, 1.82) is 0 Å². The van der Waals surface area contributed by atoms with E-state index < -0.39 is 17.7 Å². The molecule has 7 heteroatoms. The molecular weight excluding hydrogens is 342 g/mol. The van der Waals surface area contributed by atoms with E-state index in [1.54, 1.807) is 36.8 Å². The molecule has 0 spiro atoms. The van der Waals surface area contributed by atoms with Gasteiger partial charge < -0.3 is 14.6 Å². The predicted octanol–water partition coefficient (Wildman–Crippen LogP) is 2.91. The molecule has 0 saturated heterocycles. The van der Waals surface area contributed by atoms with E-state index in [1.165, 1.54) is 11.8 Å². The number of benzene rings is 1. The van der Waals surface area contributed by atoms with Gasteiger partial charge in [0.25, 0.3) is 5.91 Å². The standard InChI is InChI=1S/C18H18ClN3O3/c1-12(23)15-16(13-3-5-14(19)6-4-13)22(18(25)17(15)24)9-2-8-21-10-7-20-11-21/h3-7,10-11,16,24H,2,8-9H2,1H3/t16-/m1/s1. The van der Waals surface area contributed by atoms with Gasteiger partial charge in [-0.1, -0.05) is 23.7 Å². The first kappa shape index (κ1) is 17.2. The number of aliphatic hydroxyl groups is 1. The molecule has 0 unspecified atom stereocenters. The number of ketones is 1. The number of imidazole rings is 1. The van der Waals surface area contributed by atoms with Gasteiger partial charge in [0.1, 0.15) is 0 Å². The van der Waals surface area contributed by atoms with Crippen LogP contribution < -0.4 is 0 Å². The minimum atomic E-state index is -0.593. The zero-order valence-electron chi connectivity index (χ0n) is 13.7. The van der Waals surface area contributed by atoms with E-state index in [0.717, 1.165) is 5.56 Å². The number of hydrogen-bond acceptors (Lipinski definition) is 4. The maximum Gasteiger partial charge on any atom is 0.290 e. The summed E-state index contributed by atoms with van der Waals surface area (Å²) in [4.78, 5) is 30.0. The number of nitrogens with zero attached hydrogens (tertiary/aromatic N) is 3. The Morgan fingerprint density at radius 3 is 2.60 bits per heavy atom. The van der Waals surface area contributed by atoms with Crippen molar-refractivity contribution < 1.29 is 14.7 Å². The van der Waals surface area contributed by atoms with E-state index in [-0.39, 0.29) is 11.4 Å². The van der Waals surface area contributed by atoms with Crippen LogP contribution in [0.4, 0.5) is 0 Å². The number of hydrogen-bond donors (Lipinski definition) is 1. The van der Waals surface area contributed by atoms with Crippen LogP contribution in [0.25, 0.3) is 0 Å². The summed E-state index contributed by atoms with van der Waals surface area (Å²) in [6.07, 6.45) is 5.92. The minimum absolute atomic E-state index is 0.134. The van der Waals surface area contributed by atoms with Gasteiger partial charge in [0.05, 0.1) is 17.9 Å². The highest BCUT2D eigenvalue weighted by Gasteiger charge is 2.41. The van der Waals surface area contributed by atoms with Crippen molar-refractivity contribution >= 4 is 23.3 Å². The van der Waals surface area contributed by atoms with Crippen molar-refractivity contribution in [1.82, 2.24) is 14.5 Å². The van der Waals surface area contributed by atoms with Crippen LogP contribution in [0.2, 0.25) is 5.02 Å². The van der Waals surface area contributed by atoms with Crippen LogP contribution in [-0.2, 0) is 16.1 Å². The Morgan fingerprint density at radius 2 is 2.00 bits per heavy atom. The zero-order chi connectivity index (χ0) is 18.0. The molecule has 0 saturated carbocycles. The Hall–Kier alpha value is -2.60. The summed E-state index contributed by atoms with van der Waals surface area (Å²) in [5, 5.41) is 10.8. The molecule has 0 bridgehead atoms. The molecule has 1 aliphatic rings. The quantitative estimate of drug-likeness (QED) is 0.860. The third kappa shape index (κ3) is 3.44. The van der Waals surface area contributed by atoms with Gasteiger partial charge in [0.15, 0.2) is 11.5 Å². The Balaban J connectivity index is 1.85. The highest BCUT2D eigenvalue weighted by atomic mass is 35.5. The van der Waals surface area contributed by atoms with Crippen LogP contribution >= 0.6 is 11.6 Å². The van der Waals surface area contributed by atoms with Crippen molar-refractivity contribution in [3.8, 4) is 0 Å². The molecule has 25 heavy (non-hydrogen) atoms.